The molecule has 1 aromatic carbocycles. The molecule has 1 N–H and O–H groups in total. The largest absolute Gasteiger partial charge is 0.493 e. The van der Waals surface area contributed by atoms with Gasteiger partial charge in [-0.15, -0.1) is 0 Å². The lowest BCUT2D eigenvalue weighted by molar-refractivity contribution is -0.137. The summed E-state index contributed by atoms with van der Waals surface area (Å²) in [5.74, 6) is 1.91. The third-order valence-corrected chi connectivity index (χ3v) is 6.32. The van der Waals surface area contributed by atoms with E-state index in [1.54, 1.807) is 14.2 Å². The number of fused-ring (bicyclic) bond motifs is 1. The maximum absolute atomic E-state index is 13.6. The molecule has 1 saturated carbocycles. The molecule has 2 saturated heterocycles. The van der Waals surface area contributed by atoms with Gasteiger partial charge in [0.15, 0.2) is 11.5 Å². The van der Waals surface area contributed by atoms with Crippen LogP contribution < -0.4 is 14.8 Å². The molecule has 2 heterocycles. The number of rotatable bonds is 4. The molecule has 2 amide bonds. The van der Waals surface area contributed by atoms with E-state index in [1.807, 2.05) is 23.1 Å². The molecule has 6 nitrogen and oxygen atoms in total. The fourth-order valence-electron chi connectivity index (χ4n) is 4.95. The summed E-state index contributed by atoms with van der Waals surface area (Å²) < 4.78 is 10.8. The van der Waals surface area contributed by atoms with E-state index in [0.29, 0.717) is 31.0 Å². The zero-order valence-corrected chi connectivity index (χ0v) is 15.4. The molecule has 0 aromatic heterocycles. The average Bonchev–Trinajstić information content (AvgIpc) is 3.35. The van der Waals surface area contributed by atoms with Gasteiger partial charge in [0, 0.05) is 25.4 Å². The lowest BCUT2D eigenvalue weighted by Gasteiger charge is -2.33. The molecule has 0 bridgehead atoms. The smallest absolute Gasteiger partial charge is 0.233 e. The average molecular weight is 358 g/mol. The molecular weight excluding hydrogens is 332 g/mol. The highest BCUT2D eigenvalue weighted by atomic mass is 16.5. The van der Waals surface area contributed by atoms with Crippen LogP contribution in [0.15, 0.2) is 18.2 Å². The molecule has 0 unspecified atom stereocenters. The molecule has 3 aliphatic rings. The third kappa shape index (κ3) is 2.63. The van der Waals surface area contributed by atoms with Crippen molar-refractivity contribution in [2.45, 2.75) is 43.6 Å². The van der Waals surface area contributed by atoms with Crippen molar-refractivity contribution < 1.29 is 19.1 Å². The highest BCUT2D eigenvalue weighted by Gasteiger charge is 2.49. The van der Waals surface area contributed by atoms with E-state index in [2.05, 4.69) is 5.32 Å². The number of carbonyl (C=O) groups is 2. The van der Waals surface area contributed by atoms with Gasteiger partial charge in [0.25, 0.3) is 0 Å². The van der Waals surface area contributed by atoms with E-state index >= 15 is 0 Å². The highest BCUT2D eigenvalue weighted by Crippen LogP contribution is 2.45. The van der Waals surface area contributed by atoms with E-state index in [9.17, 15) is 9.59 Å². The zero-order valence-electron chi connectivity index (χ0n) is 15.4. The fourth-order valence-corrected chi connectivity index (χ4v) is 4.95. The van der Waals surface area contributed by atoms with Crippen LogP contribution in [0.5, 0.6) is 11.5 Å². The highest BCUT2D eigenvalue weighted by molar-refractivity contribution is 5.90. The van der Waals surface area contributed by atoms with Crippen molar-refractivity contribution >= 4 is 11.8 Å². The number of nitrogens with one attached hydrogen (secondary N) is 1. The topological polar surface area (TPSA) is 67.9 Å². The summed E-state index contributed by atoms with van der Waals surface area (Å²) >= 11 is 0. The first kappa shape index (κ1) is 17.2. The van der Waals surface area contributed by atoms with E-state index in [4.69, 9.17) is 9.47 Å². The summed E-state index contributed by atoms with van der Waals surface area (Å²) in [4.78, 5) is 27.1. The lowest BCUT2D eigenvalue weighted by atomic mass is 9.77. The first-order valence-electron chi connectivity index (χ1n) is 9.38. The van der Waals surface area contributed by atoms with Crippen LogP contribution in [0.1, 0.15) is 37.7 Å². The van der Waals surface area contributed by atoms with Crippen LogP contribution in [0.25, 0.3) is 0 Å². The summed E-state index contributed by atoms with van der Waals surface area (Å²) in [5, 5.41) is 3.01. The van der Waals surface area contributed by atoms with Gasteiger partial charge in [0.2, 0.25) is 11.8 Å². The van der Waals surface area contributed by atoms with Crippen molar-refractivity contribution in [3.63, 3.8) is 0 Å². The Labute approximate surface area is 153 Å². The van der Waals surface area contributed by atoms with Crippen LogP contribution in [0.3, 0.4) is 0 Å². The summed E-state index contributed by atoms with van der Waals surface area (Å²) in [6.07, 6.45) is 4.37. The Balaban J connectivity index is 1.63. The Morgan fingerprint density at radius 2 is 1.88 bits per heavy atom. The number of likely N-dealkylation sites (tertiary alicyclic amines) is 1. The first-order chi connectivity index (χ1) is 12.6. The maximum Gasteiger partial charge on any atom is 0.233 e. The van der Waals surface area contributed by atoms with E-state index in [1.165, 1.54) is 0 Å². The number of amides is 2. The number of hydrogen-bond donors (Lipinski definition) is 1. The van der Waals surface area contributed by atoms with Crippen LogP contribution in [-0.4, -0.2) is 50.1 Å². The van der Waals surface area contributed by atoms with Gasteiger partial charge in [-0.25, -0.2) is 0 Å². The van der Waals surface area contributed by atoms with Gasteiger partial charge in [-0.2, -0.15) is 0 Å². The van der Waals surface area contributed by atoms with E-state index in [0.717, 1.165) is 31.2 Å². The Hall–Kier alpha value is -2.24. The molecule has 140 valence electrons. The molecule has 0 spiro atoms. The Morgan fingerprint density at radius 1 is 1.15 bits per heavy atom. The van der Waals surface area contributed by atoms with Crippen molar-refractivity contribution in [2.24, 2.45) is 5.92 Å². The van der Waals surface area contributed by atoms with Gasteiger partial charge in [0.05, 0.1) is 25.7 Å². The number of nitrogens with zero attached hydrogens (tertiary/aromatic N) is 1. The number of hydrogen-bond acceptors (Lipinski definition) is 4. The SMILES string of the molecule is COc1ccc(C2(C(=O)N3C[C@@H]4CC(=O)N[C@@H]4C3)CCCC2)cc1OC. The van der Waals surface area contributed by atoms with Crippen molar-refractivity contribution in [3.05, 3.63) is 23.8 Å². The molecule has 0 radical (unpaired) electrons. The van der Waals surface area contributed by atoms with Gasteiger partial charge in [-0.05, 0) is 30.5 Å². The minimum Gasteiger partial charge on any atom is -0.493 e. The number of benzene rings is 1. The summed E-state index contributed by atoms with van der Waals surface area (Å²) in [6.45, 7) is 1.31. The second-order valence-electron chi connectivity index (χ2n) is 7.71. The lowest BCUT2D eigenvalue weighted by Crippen LogP contribution is -2.46. The second kappa shape index (κ2) is 6.49. The Morgan fingerprint density at radius 3 is 2.54 bits per heavy atom. The van der Waals surface area contributed by atoms with Crippen LogP contribution in [0, 0.1) is 5.92 Å². The molecule has 3 fully saturated rings. The standard InChI is InChI=1S/C20H26N2O4/c1-25-16-6-5-14(10-17(16)26-2)20(7-3-4-8-20)19(24)22-11-13-9-18(23)21-15(13)12-22/h5-6,10,13,15H,3-4,7-9,11-12H2,1-2H3,(H,21,23)/t13-,15+/m0/s1. The third-order valence-electron chi connectivity index (χ3n) is 6.32. The van der Waals surface area contributed by atoms with Gasteiger partial charge < -0.3 is 19.7 Å². The molecule has 4 rings (SSSR count). The Bertz CT molecular complexity index is 711. The van der Waals surface area contributed by atoms with Crippen molar-refractivity contribution in [2.75, 3.05) is 27.3 Å². The number of carbonyl (C=O) groups excluding carboxylic acids is 2. The summed E-state index contributed by atoms with van der Waals surface area (Å²) in [6, 6.07) is 5.97. The van der Waals surface area contributed by atoms with Crippen molar-refractivity contribution in [1.29, 1.82) is 0 Å². The fraction of sp³-hybridized carbons (Fsp3) is 0.600. The van der Waals surface area contributed by atoms with Crippen LogP contribution in [0.4, 0.5) is 0 Å². The Kier molecular flexibility index (Phi) is 4.29. The summed E-state index contributed by atoms with van der Waals surface area (Å²) in [5.41, 5.74) is 0.529. The summed E-state index contributed by atoms with van der Waals surface area (Å²) in [7, 11) is 3.24. The van der Waals surface area contributed by atoms with Crippen LogP contribution in [-0.2, 0) is 15.0 Å². The zero-order chi connectivity index (χ0) is 18.3. The predicted molar refractivity (Wildman–Crippen MR) is 96.3 cm³/mol. The molecule has 6 heteroatoms. The minimum absolute atomic E-state index is 0.113. The normalized spacial score (nSPS) is 26.5. The molecule has 26 heavy (non-hydrogen) atoms. The van der Waals surface area contributed by atoms with Crippen LogP contribution in [0.2, 0.25) is 0 Å². The van der Waals surface area contributed by atoms with Crippen molar-refractivity contribution in [1.82, 2.24) is 10.2 Å². The number of ether oxygens (including phenoxy) is 2. The number of methoxy groups -OCH3 is 2. The van der Waals surface area contributed by atoms with E-state index in [-0.39, 0.29) is 23.8 Å². The van der Waals surface area contributed by atoms with Crippen LogP contribution >= 0.6 is 0 Å². The predicted octanol–water partition coefficient (Wildman–Crippen LogP) is 1.86. The molecule has 1 aliphatic carbocycles. The van der Waals surface area contributed by atoms with Crippen molar-refractivity contribution in [3.8, 4) is 11.5 Å². The molecule has 2 aliphatic heterocycles. The minimum atomic E-state index is -0.484. The molecular formula is C20H26N2O4. The molecule has 1 aromatic rings. The molecule has 2 atom stereocenters. The maximum atomic E-state index is 13.6. The van der Waals surface area contributed by atoms with Gasteiger partial charge >= 0.3 is 0 Å². The first-order valence-corrected chi connectivity index (χ1v) is 9.38. The monoisotopic (exact) mass is 358 g/mol. The quantitative estimate of drug-likeness (QED) is 0.892. The van der Waals surface area contributed by atoms with Gasteiger partial charge in [-0.1, -0.05) is 18.9 Å². The second-order valence-corrected chi connectivity index (χ2v) is 7.71. The van der Waals surface area contributed by atoms with E-state index < -0.39 is 5.41 Å². The van der Waals surface area contributed by atoms with Gasteiger partial charge in [0.1, 0.15) is 0 Å². The van der Waals surface area contributed by atoms with Gasteiger partial charge in [-0.3, -0.25) is 9.59 Å².